The van der Waals surface area contributed by atoms with Crippen LogP contribution in [0.3, 0.4) is 0 Å². The predicted molar refractivity (Wildman–Crippen MR) is 72.6 cm³/mol. The van der Waals surface area contributed by atoms with Gasteiger partial charge in [0.1, 0.15) is 5.82 Å². The summed E-state index contributed by atoms with van der Waals surface area (Å²) in [4.78, 5) is 0. The highest BCUT2D eigenvalue weighted by molar-refractivity contribution is 5.63. The SMILES string of the molecule is Cc1ccc(F)c2c1NC(c1cccc(C(F)(F)F)c1)C2. The van der Waals surface area contributed by atoms with Gasteiger partial charge in [0.2, 0.25) is 0 Å². The minimum Gasteiger partial charge on any atom is -0.377 e. The van der Waals surface area contributed by atoms with Crippen LogP contribution in [0.25, 0.3) is 0 Å². The largest absolute Gasteiger partial charge is 0.416 e. The van der Waals surface area contributed by atoms with Gasteiger partial charge in [0.05, 0.1) is 11.6 Å². The summed E-state index contributed by atoms with van der Waals surface area (Å²) in [5.41, 5.74) is 1.95. The average molecular weight is 295 g/mol. The maximum atomic E-state index is 13.8. The van der Waals surface area contributed by atoms with Gasteiger partial charge < -0.3 is 5.32 Å². The molecule has 3 rings (SSSR count). The van der Waals surface area contributed by atoms with Crippen molar-refractivity contribution >= 4 is 5.69 Å². The fourth-order valence-electron chi connectivity index (χ4n) is 2.70. The minimum atomic E-state index is -4.37. The Labute approximate surface area is 119 Å². The Bertz CT molecular complexity index is 660. The second-order valence-electron chi connectivity index (χ2n) is 5.24. The van der Waals surface area contributed by atoms with Crippen molar-refractivity contribution in [2.24, 2.45) is 0 Å². The number of aryl methyl sites for hydroxylation is 1. The van der Waals surface area contributed by atoms with Gasteiger partial charge in [0.15, 0.2) is 0 Å². The first kappa shape index (κ1) is 13.9. The molecule has 0 saturated heterocycles. The van der Waals surface area contributed by atoms with Crippen molar-refractivity contribution in [1.29, 1.82) is 0 Å². The summed E-state index contributed by atoms with van der Waals surface area (Å²) < 4.78 is 52.1. The van der Waals surface area contributed by atoms with Crippen molar-refractivity contribution in [2.75, 3.05) is 5.32 Å². The fraction of sp³-hybridized carbons (Fsp3) is 0.250. The monoisotopic (exact) mass is 295 g/mol. The van der Waals surface area contributed by atoms with E-state index >= 15 is 0 Å². The molecule has 1 atom stereocenters. The topological polar surface area (TPSA) is 12.0 Å². The Kier molecular flexibility index (Phi) is 3.15. The first-order chi connectivity index (χ1) is 9.86. The lowest BCUT2D eigenvalue weighted by Gasteiger charge is -2.15. The maximum absolute atomic E-state index is 13.8. The zero-order chi connectivity index (χ0) is 15.2. The number of hydrogen-bond acceptors (Lipinski definition) is 1. The zero-order valence-electron chi connectivity index (χ0n) is 11.3. The molecule has 0 radical (unpaired) electrons. The molecule has 1 aliphatic rings. The number of fused-ring (bicyclic) bond motifs is 1. The van der Waals surface area contributed by atoms with Crippen LogP contribution in [0.4, 0.5) is 23.2 Å². The van der Waals surface area contributed by atoms with Gasteiger partial charge in [0, 0.05) is 17.7 Å². The number of rotatable bonds is 1. The fourth-order valence-corrected chi connectivity index (χ4v) is 2.70. The quantitative estimate of drug-likeness (QED) is 0.741. The highest BCUT2D eigenvalue weighted by Gasteiger charge is 2.32. The van der Waals surface area contributed by atoms with Gasteiger partial charge in [0.25, 0.3) is 0 Å². The van der Waals surface area contributed by atoms with Crippen molar-refractivity contribution in [3.8, 4) is 0 Å². The number of halogens is 4. The van der Waals surface area contributed by atoms with E-state index in [0.717, 1.165) is 17.7 Å². The molecule has 1 nitrogen and oxygen atoms in total. The van der Waals surface area contributed by atoms with E-state index in [1.54, 1.807) is 12.1 Å². The second kappa shape index (κ2) is 4.76. The van der Waals surface area contributed by atoms with E-state index in [1.807, 2.05) is 6.92 Å². The predicted octanol–water partition coefficient (Wildman–Crippen LogP) is 4.86. The molecule has 21 heavy (non-hydrogen) atoms. The van der Waals surface area contributed by atoms with Gasteiger partial charge in [-0.15, -0.1) is 0 Å². The molecule has 0 fully saturated rings. The molecular weight excluding hydrogens is 282 g/mol. The van der Waals surface area contributed by atoms with Crippen molar-refractivity contribution in [2.45, 2.75) is 25.6 Å². The van der Waals surface area contributed by atoms with Gasteiger partial charge >= 0.3 is 6.18 Å². The molecule has 2 aromatic rings. The third-order valence-electron chi connectivity index (χ3n) is 3.81. The van der Waals surface area contributed by atoms with Crippen LogP contribution in [-0.4, -0.2) is 0 Å². The third-order valence-corrected chi connectivity index (χ3v) is 3.81. The number of benzene rings is 2. The van der Waals surface area contributed by atoms with Crippen molar-refractivity contribution in [3.05, 3.63) is 64.5 Å². The van der Waals surface area contributed by atoms with E-state index in [2.05, 4.69) is 5.32 Å². The van der Waals surface area contributed by atoms with Crippen LogP contribution in [0.15, 0.2) is 36.4 Å². The van der Waals surface area contributed by atoms with Gasteiger partial charge in [-0.3, -0.25) is 0 Å². The van der Waals surface area contributed by atoms with Crippen LogP contribution < -0.4 is 5.32 Å². The van der Waals surface area contributed by atoms with Crippen LogP contribution in [0.5, 0.6) is 0 Å². The Balaban J connectivity index is 1.95. The van der Waals surface area contributed by atoms with E-state index in [-0.39, 0.29) is 11.9 Å². The van der Waals surface area contributed by atoms with Gasteiger partial charge in [-0.05, 0) is 36.2 Å². The summed E-state index contributed by atoms with van der Waals surface area (Å²) in [6, 6.07) is 7.89. The number of hydrogen-bond donors (Lipinski definition) is 1. The summed E-state index contributed by atoms with van der Waals surface area (Å²) in [5, 5.41) is 3.13. The Morgan fingerprint density at radius 1 is 1.14 bits per heavy atom. The summed E-state index contributed by atoms with van der Waals surface area (Å²) in [7, 11) is 0. The van der Waals surface area contributed by atoms with E-state index in [0.29, 0.717) is 23.2 Å². The number of anilines is 1. The van der Waals surface area contributed by atoms with Gasteiger partial charge in [-0.25, -0.2) is 4.39 Å². The summed E-state index contributed by atoms with van der Waals surface area (Å²) in [6.07, 6.45) is -4.02. The summed E-state index contributed by atoms with van der Waals surface area (Å²) in [6.45, 7) is 1.85. The van der Waals surface area contributed by atoms with E-state index in [1.165, 1.54) is 12.1 Å². The lowest BCUT2D eigenvalue weighted by atomic mass is 10.00. The normalized spacial score (nSPS) is 17.5. The second-order valence-corrected chi connectivity index (χ2v) is 5.24. The standard InChI is InChI=1S/C16H13F4N/c1-9-5-6-13(17)12-8-14(21-15(9)12)10-3-2-4-11(7-10)16(18,19)20/h2-7,14,21H,8H2,1H3. The summed E-state index contributed by atoms with van der Waals surface area (Å²) >= 11 is 0. The molecule has 110 valence electrons. The van der Waals surface area contributed by atoms with Crippen molar-refractivity contribution in [3.63, 3.8) is 0 Å². The molecule has 5 heteroatoms. The van der Waals surface area contributed by atoms with Crippen LogP contribution in [-0.2, 0) is 12.6 Å². The van der Waals surface area contributed by atoms with E-state index in [9.17, 15) is 17.6 Å². The Morgan fingerprint density at radius 2 is 1.90 bits per heavy atom. The maximum Gasteiger partial charge on any atom is 0.416 e. The molecule has 1 aliphatic heterocycles. The lowest BCUT2D eigenvalue weighted by Crippen LogP contribution is -2.10. The minimum absolute atomic E-state index is 0.322. The van der Waals surface area contributed by atoms with Gasteiger partial charge in [-0.2, -0.15) is 13.2 Å². The molecule has 0 aliphatic carbocycles. The number of nitrogens with one attached hydrogen (secondary N) is 1. The van der Waals surface area contributed by atoms with Gasteiger partial charge in [-0.1, -0.05) is 18.2 Å². The van der Waals surface area contributed by atoms with Crippen LogP contribution in [0, 0.1) is 12.7 Å². The molecular formula is C16H13F4N. The van der Waals surface area contributed by atoms with E-state index in [4.69, 9.17) is 0 Å². The lowest BCUT2D eigenvalue weighted by molar-refractivity contribution is -0.137. The first-order valence-corrected chi connectivity index (χ1v) is 6.58. The smallest absolute Gasteiger partial charge is 0.377 e. The molecule has 0 bridgehead atoms. The zero-order valence-corrected chi connectivity index (χ0v) is 11.3. The molecule has 2 aromatic carbocycles. The highest BCUT2D eigenvalue weighted by atomic mass is 19.4. The third kappa shape index (κ3) is 2.48. The molecule has 0 spiro atoms. The molecule has 0 saturated carbocycles. The summed E-state index contributed by atoms with van der Waals surface area (Å²) in [5.74, 6) is -0.322. The average Bonchev–Trinajstić information content (AvgIpc) is 2.89. The first-order valence-electron chi connectivity index (χ1n) is 6.58. The highest BCUT2D eigenvalue weighted by Crippen LogP contribution is 2.39. The van der Waals surface area contributed by atoms with E-state index < -0.39 is 11.7 Å². The van der Waals surface area contributed by atoms with Crippen LogP contribution in [0.1, 0.15) is 28.3 Å². The molecule has 0 amide bonds. The molecule has 1 N–H and O–H groups in total. The van der Waals surface area contributed by atoms with Crippen LogP contribution in [0.2, 0.25) is 0 Å². The number of alkyl halides is 3. The van der Waals surface area contributed by atoms with Crippen LogP contribution >= 0.6 is 0 Å². The molecule has 0 aromatic heterocycles. The Morgan fingerprint density at radius 3 is 2.57 bits per heavy atom. The van der Waals surface area contributed by atoms with Crippen molar-refractivity contribution in [1.82, 2.24) is 0 Å². The van der Waals surface area contributed by atoms with Crippen molar-refractivity contribution < 1.29 is 17.6 Å². The molecule has 1 unspecified atom stereocenters. The molecule has 1 heterocycles. The Hall–Kier alpha value is -2.04.